The summed E-state index contributed by atoms with van der Waals surface area (Å²) in [6, 6.07) is 26.6. The van der Waals surface area contributed by atoms with Crippen LogP contribution < -0.4 is 4.90 Å². The van der Waals surface area contributed by atoms with Crippen molar-refractivity contribution in [3.8, 4) is 0 Å². The second kappa shape index (κ2) is 12.5. The Morgan fingerprint density at radius 3 is 1.86 bits per heavy atom. The molecule has 2 heteroatoms. The van der Waals surface area contributed by atoms with Crippen molar-refractivity contribution in [2.75, 3.05) is 18.5 Å². The molecule has 2 aliphatic heterocycles. The smallest absolute Gasteiger partial charge is 0.210 e. The molecule has 0 unspecified atom stereocenters. The zero-order valence-electron chi connectivity index (χ0n) is 27.4. The van der Waals surface area contributed by atoms with E-state index in [-0.39, 0.29) is 10.8 Å². The van der Waals surface area contributed by atoms with Crippen LogP contribution >= 0.6 is 0 Å². The molecule has 4 aromatic carbocycles. The maximum atomic E-state index is 2.47. The van der Waals surface area contributed by atoms with Gasteiger partial charge in [0, 0.05) is 41.1 Å². The summed E-state index contributed by atoms with van der Waals surface area (Å²) >= 11 is 0. The molecule has 6 rings (SSSR count). The summed E-state index contributed by atoms with van der Waals surface area (Å²) in [5.74, 6) is 0. The van der Waals surface area contributed by atoms with E-state index in [1.807, 2.05) is 27.7 Å². The van der Waals surface area contributed by atoms with E-state index in [2.05, 4.69) is 154 Å². The Morgan fingerprint density at radius 1 is 0.667 bits per heavy atom. The van der Waals surface area contributed by atoms with Gasteiger partial charge in [0.15, 0.2) is 5.71 Å². The number of benzene rings is 4. The van der Waals surface area contributed by atoms with Gasteiger partial charge in [-0.25, -0.2) is 0 Å². The van der Waals surface area contributed by atoms with Gasteiger partial charge in [0.1, 0.15) is 7.05 Å². The van der Waals surface area contributed by atoms with E-state index in [0.29, 0.717) is 0 Å². The van der Waals surface area contributed by atoms with Crippen molar-refractivity contribution in [2.45, 2.75) is 73.1 Å². The van der Waals surface area contributed by atoms with Gasteiger partial charge in [-0.2, -0.15) is 4.58 Å². The molecule has 0 aliphatic carbocycles. The highest BCUT2D eigenvalue weighted by atomic mass is 15.2. The number of nitrogens with zero attached hydrogens (tertiary/aromatic N) is 2. The highest BCUT2D eigenvalue weighted by Crippen LogP contribution is 2.50. The number of rotatable bonds is 4. The van der Waals surface area contributed by atoms with E-state index >= 15 is 0 Å². The van der Waals surface area contributed by atoms with Crippen LogP contribution in [0.5, 0.6) is 0 Å². The molecule has 42 heavy (non-hydrogen) atoms. The molecule has 218 valence electrons. The molecule has 4 aromatic rings. The third-order valence-corrected chi connectivity index (χ3v) is 8.70. The zero-order valence-corrected chi connectivity index (χ0v) is 27.4. The molecule has 0 N–H and O–H groups in total. The summed E-state index contributed by atoms with van der Waals surface area (Å²) in [6.45, 7) is 20.6. The lowest BCUT2D eigenvalue weighted by Gasteiger charge is -2.26. The van der Waals surface area contributed by atoms with Gasteiger partial charge in [0.25, 0.3) is 0 Å². The molecular weight excluding hydrogens is 508 g/mol. The van der Waals surface area contributed by atoms with Crippen LogP contribution in [-0.4, -0.2) is 23.9 Å². The van der Waals surface area contributed by atoms with Crippen molar-refractivity contribution in [3.63, 3.8) is 0 Å². The van der Waals surface area contributed by atoms with Crippen LogP contribution in [-0.2, 0) is 10.8 Å². The molecule has 2 heterocycles. The lowest BCUT2D eigenvalue weighted by molar-refractivity contribution is -0.401. The number of hydrogen-bond acceptors (Lipinski definition) is 1. The molecule has 0 fully saturated rings. The van der Waals surface area contributed by atoms with Crippen LogP contribution in [0.2, 0.25) is 0 Å². The molecule has 0 radical (unpaired) electrons. The first-order chi connectivity index (χ1) is 20.3. The van der Waals surface area contributed by atoms with Gasteiger partial charge < -0.3 is 4.90 Å². The Morgan fingerprint density at radius 2 is 1.24 bits per heavy atom. The summed E-state index contributed by atoms with van der Waals surface area (Å²) in [7, 11) is 2.19. The molecule has 0 atom stereocenters. The van der Waals surface area contributed by atoms with Crippen molar-refractivity contribution < 1.29 is 4.58 Å². The molecular formula is C40H49N2+. The second-order valence-electron chi connectivity index (χ2n) is 11.6. The Labute approximate surface area is 254 Å². The average Bonchev–Trinajstić information content (AvgIpc) is 3.36. The summed E-state index contributed by atoms with van der Waals surface area (Å²) < 4.78 is 2.35. The van der Waals surface area contributed by atoms with Crippen LogP contribution in [0.3, 0.4) is 0 Å². The number of anilines is 1. The average molecular weight is 558 g/mol. The molecule has 0 saturated heterocycles. The second-order valence-corrected chi connectivity index (χ2v) is 11.6. The highest BCUT2D eigenvalue weighted by molar-refractivity contribution is 6.07. The number of allylic oxidation sites excluding steroid dienone is 6. The predicted octanol–water partition coefficient (Wildman–Crippen LogP) is 10.9. The first-order valence-corrected chi connectivity index (χ1v) is 15.8. The van der Waals surface area contributed by atoms with Crippen molar-refractivity contribution in [1.82, 2.24) is 0 Å². The van der Waals surface area contributed by atoms with Crippen molar-refractivity contribution >= 4 is 38.6 Å². The van der Waals surface area contributed by atoms with E-state index in [9.17, 15) is 0 Å². The Kier molecular flexibility index (Phi) is 9.26. The van der Waals surface area contributed by atoms with Crippen molar-refractivity contribution in [3.05, 3.63) is 120 Å². The standard InChI is InChI=1S/C36H37N2.2C2H6/c1-7-38-30-24-22-26-16-12-14-18-28(26)34(30)36(4,5)32(38)20-10-8-9-19-31-35(2,3)33-27-17-13-11-15-25(27)21-23-29(33)37(31)6;2*1-2/h8-24H,7H2,1-6H3;2*1-2H3/q+1;;. The normalized spacial score (nSPS) is 17.5. The third-order valence-electron chi connectivity index (χ3n) is 8.70. The Hall–Kier alpha value is -3.91. The third kappa shape index (κ3) is 5.02. The SMILES string of the molecule is CC.CC.CCN1/C(=C/C=C/C=C/C2=[N+](C)c3ccc4ccccc4c3C2(C)C)C(C)(C)c2c1ccc1ccccc21. The van der Waals surface area contributed by atoms with Crippen LogP contribution in [0.1, 0.15) is 73.4 Å². The van der Waals surface area contributed by atoms with Gasteiger partial charge in [0.05, 0.1) is 5.41 Å². The largest absolute Gasteiger partial charge is 0.344 e. The van der Waals surface area contributed by atoms with E-state index in [1.165, 1.54) is 55.5 Å². The maximum Gasteiger partial charge on any atom is 0.210 e. The molecule has 0 saturated carbocycles. The number of hydrogen-bond donors (Lipinski definition) is 0. The fourth-order valence-corrected chi connectivity index (χ4v) is 6.93. The lowest BCUT2D eigenvalue weighted by atomic mass is 9.79. The highest BCUT2D eigenvalue weighted by Gasteiger charge is 2.44. The van der Waals surface area contributed by atoms with Gasteiger partial charge in [0.2, 0.25) is 5.69 Å². The fourth-order valence-electron chi connectivity index (χ4n) is 6.93. The summed E-state index contributed by atoms with van der Waals surface area (Å²) in [4.78, 5) is 2.47. The quantitative estimate of drug-likeness (QED) is 0.179. The van der Waals surface area contributed by atoms with E-state index < -0.39 is 0 Å². The molecule has 0 spiro atoms. The summed E-state index contributed by atoms with van der Waals surface area (Å²) in [6.07, 6.45) is 11.2. The summed E-state index contributed by atoms with van der Waals surface area (Å²) in [5, 5.41) is 5.32. The van der Waals surface area contributed by atoms with Gasteiger partial charge in [-0.15, -0.1) is 0 Å². The molecule has 0 aromatic heterocycles. The van der Waals surface area contributed by atoms with Gasteiger partial charge in [-0.3, -0.25) is 0 Å². The predicted molar refractivity (Wildman–Crippen MR) is 187 cm³/mol. The van der Waals surface area contributed by atoms with Crippen LogP contribution in [0, 0.1) is 0 Å². The lowest BCUT2D eigenvalue weighted by Crippen LogP contribution is -2.26. The van der Waals surface area contributed by atoms with Gasteiger partial charge >= 0.3 is 0 Å². The first kappa shape index (κ1) is 31.0. The van der Waals surface area contributed by atoms with Gasteiger partial charge in [-0.05, 0) is 66.1 Å². The topological polar surface area (TPSA) is 6.25 Å². The van der Waals surface area contributed by atoms with Gasteiger partial charge in [-0.1, -0.05) is 114 Å². The van der Waals surface area contributed by atoms with E-state index in [0.717, 1.165) is 6.54 Å². The fraction of sp³-hybridized carbons (Fsp3) is 0.325. The summed E-state index contributed by atoms with van der Waals surface area (Å²) in [5.41, 5.74) is 8.02. The monoisotopic (exact) mass is 557 g/mol. The number of fused-ring (bicyclic) bond motifs is 6. The maximum absolute atomic E-state index is 2.47. The minimum atomic E-state index is -0.0666. The van der Waals surface area contributed by atoms with Crippen LogP contribution in [0.25, 0.3) is 21.5 Å². The minimum Gasteiger partial charge on any atom is -0.344 e. The van der Waals surface area contributed by atoms with E-state index in [4.69, 9.17) is 0 Å². The first-order valence-electron chi connectivity index (χ1n) is 15.8. The number of likely N-dealkylation sites (N-methyl/N-ethyl adjacent to an activating group) is 1. The van der Waals surface area contributed by atoms with E-state index in [1.54, 1.807) is 0 Å². The van der Waals surface area contributed by atoms with Crippen LogP contribution in [0.15, 0.2) is 109 Å². The van der Waals surface area contributed by atoms with Crippen molar-refractivity contribution in [1.29, 1.82) is 0 Å². The minimum absolute atomic E-state index is 0.0641. The molecule has 0 amide bonds. The molecule has 2 aliphatic rings. The van der Waals surface area contributed by atoms with Crippen LogP contribution in [0.4, 0.5) is 11.4 Å². The zero-order chi connectivity index (χ0) is 30.7. The Bertz CT molecular complexity index is 1710. The molecule has 2 nitrogen and oxygen atoms in total. The van der Waals surface area contributed by atoms with Crippen molar-refractivity contribution in [2.24, 2.45) is 0 Å². The molecule has 0 bridgehead atoms. The Balaban J connectivity index is 0.000000972.